The number of rotatable bonds is 4. The lowest BCUT2D eigenvalue weighted by atomic mass is 10.1. The monoisotopic (exact) mass is 347 g/mol. The molecule has 5 heteroatoms. The number of carbonyl (C=O) groups is 1. The molecule has 1 amide bonds. The van der Waals surface area contributed by atoms with Crippen LogP contribution >= 0.6 is 0 Å². The zero-order chi connectivity index (χ0) is 18.7. The van der Waals surface area contributed by atoms with E-state index in [2.05, 4.69) is 10.5 Å². The van der Waals surface area contributed by atoms with Crippen LogP contribution in [0.4, 0.5) is 0 Å². The van der Waals surface area contributed by atoms with Crippen LogP contribution in [0.5, 0.6) is 5.75 Å². The van der Waals surface area contributed by atoms with Gasteiger partial charge in [-0.3, -0.25) is 4.79 Å². The molecule has 26 heavy (non-hydrogen) atoms. The van der Waals surface area contributed by atoms with Gasteiger partial charge in [0.05, 0.1) is 11.3 Å². The molecule has 0 radical (unpaired) electrons. The number of hydrogen-bond acceptors (Lipinski definition) is 3. The van der Waals surface area contributed by atoms with Crippen molar-refractivity contribution in [3.8, 4) is 11.4 Å². The molecule has 3 rings (SSSR count). The standard InChI is InChI=1S/C21H21N3O2/c1-14-13-20(16(3)24(14)18-7-5-4-6-8-18)21(26)23-22-15(2)17-9-11-19(25)12-10-17/h4-13,25H,1-3H3,(H,23,26)/b22-15+. The van der Waals surface area contributed by atoms with Gasteiger partial charge in [0.1, 0.15) is 5.75 Å². The van der Waals surface area contributed by atoms with Gasteiger partial charge in [0, 0.05) is 17.1 Å². The zero-order valence-corrected chi connectivity index (χ0v) is 15.0. The third kappa shape index (κ3) is 3.52. The van der Waals surface area contributed by atoms with E-state index in [1.807, 2.05) is 54.8 Å². The number of aromatic hydroxyl groups is 1. The summed E-state index contributed by atoms with van der Waals surface area (Å²) in [4.78, 5) is 12.6. The maximum Gasteiger partial charge on any atom is 0.273 e. The zero-order valence-electron chi connectivity index (χ0n) is 15.0. The van der Waals surface area contributed by atoms with Crippen molar-refractivity contribution in [3.05, 3.63) is 83.2 Å². The highest BCUT2D eigenvalue weighted by Gasteiger charge is 2.16. The molecular weight excluding hydrogens is 326 g/mol. The second kappa shape index (κ2) is 7.27. The van der Waals surface area contributed by atoms with Crippen molar-refractivity contribution in [3.63, 3.8) is 0 Å². The Labute approximate surface area is 152 Å². The van der Waals surface area contributed by atoms with E-state index in [0.717, 1.165) is 22.6 Å². The summed E-state index contributed by atoms with van der Waals surface area (Å²) in [6, 6.07) is 18.5. The Morgan fingerprint density at radius 1 is 1.04 bits per heavy atom. The van der Waals surface area contributed by atoms with E-state index in [9.17, 15) is 9.90 Å². The molecule has 0 saturated heterocycles. The molecule has 3 aromatic rings. The Kier molecular flexibility index (Phi) is 4.89. The molecule has 0 fully saturated rings. The summed E-state index contributed by atoms with van der Waals surface area (Å²) in [6.07, 6.45) is 0. The quantitative estimate of drug-likeness (QED) is 0.554. The Morgan fingerprint density at radius 2 is 1.69 bits per heavy atom. The molecule has 2 N–H and O–H groups in total. The van der Waals surface area contributed by atoms with E-state index < -0.39 is 0 Å². The van der Waals surface area contributed by atoms with Crippen molar-refractivity contribution in [1.82, 2.24) is 9.99 Å². The Morgan fingerprint density at radius 3 is 2.35 bits per heavy atom. The SMILES string of the molecule is C/C(=N\NC(=O)c1cc(C)n(-c2ccccc2)c1C)c1ccc(O)cc1. The van der Waals surface area contributed by atoms with Gasteiger partial charge in [0.15, 0.2) is 0 Å². The minimum atomic E-state index is -0.251. The summed E-state index contributed by atoms with van der Waals surface area (Å²) in [6.45, 7) is 5.70. The molecule has 132 valence electrons. The fourth-order valence-corrected chi connectivity index (χ4v) is 2.93. The molecule has 0 saturated carbocycles. The first-order valence-electron chi connectivity index (χ1n) is 8.36. The van der Waals surface area contributed by atoms with E-state index in [4.69, 9.17) is 0 Å². The largest absolute Gasteiger partial charge is 0.508 e. The average molecular weight is 347 g/mol. The average Bonchev–Trinajstić information content (AvgIpc) is 2.95. The van der Waals surface area contributed by atoms with Crippen molar-refractivity contribution in [2.75, 3.05) is 0 Å². The number of aryl methyl sites for hydroxylation is 1. The number of para-hydroxylation sites is 1. The summed E-state index contributed by atoms with van der Waals surface area (Å²) in [7, 11) is 0. The first-order valence-corrected chi connectivity index (χ1v) is 8.36. The number of amides is 1. The number of hydrazone groups is 1. The van der Waals surface area contributed by atoms with Crippen molar-refractivity contribution in [2.24, 2.45) is 5.10 Å². The molecule has 0 aliphatic rings. The van der Waals surface area contributed by atoms with Gasteiger partial charge in [0.25, 0.3) is 5.91 Å². The van der Waals surface area contributed by atoms with Crippen LogP contribution in [0, 0.1) is 13.8 Å². The summed E-state index contributed by atoms with van der Waals surface area (Å²) in [5.74, 6) is -0.0580. The lowest BCUT2D eigenvalue weighted by Gasteiger charge is -2.09. The number of benzene rings is 2. The summed E-state index contributed by atoms with van der Waals surface area (Å²) >= 11 is 0. The highest BCUT2D eigenvalue weighted by Crippen LogP contribution is 2.20. The minimum absolute atomic E-state index is 0.193. The van der Waals surface area contributed by atoms with Crippen LogP contribution in [0.3, 0.4) is 0 Å². The van der Waals surface area contributed by atoms with Gasteiger partial charge in [-0.2, -0.15) is 5.10 Å². The number of hydrogen-bond donors (Lipinski definition) is 2. The molecule has 0 aliphatic carbocycles. The van der Waals surface area contributed by atoms with Gasteiger partial charge >= 0.3 is 0 Å². The van der Waals surface area contributed by atoms with Gasteiger partial charge in [-0.15, -0.1) is 0 Å². The predicted molar refractivity (Wildman–Crippen MR) is 103 cm³/mol. The van der Waals surface area contributed by atoms with Crippen LogP contribution < -0.4 is 5.43 Å². The molecule has 1 heterocycles. The molecule has 5 nitrogen and oxygen atoms in total. The van der Waals surface area contributed by atoms with Gasteiger partial charge in [-0.1, -0.05) is 18.2 Å². The molecule has 1 aromatic heterocycles. The van der Waals surface area contributed by atoms with Crippen LogP contribution in [-0.2, 0) is 0 Å². The maximum atomic E-state index is 12.6. The van der Waals surface area contributed by atoms with Gasteiger partial charge < -0.3 is 9.67 Å². The first kappa shape index (κ1) is 17.5. The molecular formula is C21H21N3O2. The molecule has 2 aromatic carbocycles. The Bertz CT molecular complexity index is 955. The fraction of sp³-hybridized carbons (Fsp3) is 0.143. The number of carbonyl (C=O) groups excluding carboxylic acids is 1. The number of aromatic nitrogens is 1. The van der Waals surface area contributed by atoms with E-state index in [0.29, 0.717) is 11.3 Å². The molecule has 0 unspecified atom stereocenters. The van der Waals surface area contributed by atoms with E-state index in [-0.39, 0.29) is 11.7 Å². The highest BCUT2D eigenvalue weighted by molar-refractivity contribution is 6.01. The fourth-order valence-electron chi connectivity index (χ4n) is 2.93. The van der Waals surface area contributed by atoms with Crippen LogP contribution in [0.25, 0.3) is 5.69 Å². The van der Waals surface area contributed by atoms with Crippen LogP contribution in [0.1, 0.15) is 34.2 Å². The molecule has 0 atom stereocenters. The lowest BCUT2D eigenvalue weighted by Crippen LogP contribution is -2.20. The van der Waals surface area contributed by atoms with E-state index >= 15 is 0 Å². The second-order valence-corrected chi connectivity index (χ2v) is 6.14. The minimum Gasteiger partial charge on any atom is -0.508 e. The Hall–Kier alpha value is -3.34. The van der Waals surface area contributed by atoms with Crippen LogP contribution in [-0.4, -0.2) is 21.3 Å². The lowest BCUT2D eigenvalue weighted by molar-refractivity contribution is 0.0954. The number of phenolic OH excluding ortho intramolecular Hbond substituents is 1. The van der Waals surface area contributed by atoms with Gasteiger partial charge in [-0.05, 0) is 68.8 Å². The summed E-state index contributed by atoms with van der Waals surface area (Å²) < 4.78 is 2.05. The van der Waals surface area contributed by atoms with Crippen molar-refractivity contribution < 1.29 is 9.90 Å². The third-order valence-corrected chi connectivity index (χ3v) is 4.30. The first-order chi connectivity index (χ1) is 12.5. The van der Waals surface area contributed by atoms with Crippen LogP contribution in [0.15, 0.2) is 65.8 Å². The highest BCUT2D eigenvalue weighted by atomic mass is 16.3. The molecule has 0 aliphatic heterocycles. The van der Waals surface area contributed by atoms with E-state index in [1.54, 1.807) is 31.2 Å². The second-order valence-electron chi connectivity index (χ2n) is 6.14. The smallest absolute Gasteiger partial charge is 0.273 e. The molecule has 0 spiro atoms. The predicted octanol–water partition coefficient (Wildman–Crippen LogP) is 3.95. The van der Waals surface area contributed by atoms with Crippen molar-refractivity contribution in [2.45, 2.75) is 20.8 Å². The number of nitrogens with one attached hydrogen (secondary N) is 1. The van der Waals surface area contributed by atoms with E-state index in [1.165, 1.54) is 0 Å². The maximum absolute atomic E-state index is 12.6. The number of phenols is 1. The third-order valence-electron chi connectivity index (χ3n) is 4.30. The van der Waals surface area contributed by atoms with Gasteiger partial charge in [0.2, 0.25) is 0 Å². The molecule has 0 bridgehead atoms. The number of nitrogens with zero attached hydrogens (tertiary/aromatic N) is 2. The summed E-state index contributed by atoms with van der Waals surface area (Å²) in [5.41, 5.74) is 7.57. The van der Waals surface area contributed by atoms with Crippen molar-refractivity contribution in [1.29, 1.82) is 0 Å². The van der Waals surface area contributed by atoms with Crippen molar-refractivity contribution >= 4 is 11.6 Å². The Balaban J connectivity index is 1.83. The normalized spacial score (nSPS) is 11.4. The van der Waals surface area contributed by atoms with Crippen LogP contribution in [0.2, 0.25) is 0 Å². The summed E-state index contributed by atoms with van der Waals surface area (Å²) in [5, 5.41) is 13.5. The van der Waals surface area contributed by atoms with Gasteiger partial charge in [-0.25, -0.2) is 5.43 Å². The topological polar surface area (TPSA) is 66.6 Å².